The molecule has 0 fully saturated rings. The van der Waals surface area contributed by atoms with E-state index >= 15 is 0 Å². The number of nitrogens with zero attached hydrogens (tertiary/aromatic N) is 1. The molecule has 3 aromatic rings. The lowest BCUT2D eigenvalue weighted by atomic mass is 10.1. The number of amides is 1. The van der Waals surface area contributed by atoms with Crippen molar-refractivity contribution in [1.29, 1.82) is 5.26 Å². The van der Waals surface area contributed by atoms with Crippen molar-refractivity contribution in [2.45, 2.75) is 20.8 Å². The van der Waals surface area contributed by atoms with E-state index in [0.29, 0.717) is 42.6 Å². The average Bonchev–Trinajstić information content (AvgIpc) is 2.90. The lowest BCUT2D eigenvalue weighted by Gasteiger charge is -2.14. The van der Waals surface area contributed by atoms with Crippen LogP contribution in [0, 0.1) is 32.1 Å². The number of anilines is 1. The summed E-state index contributed by atoms with van der Waals surface area (Å²) in [6.07, 6.45) is 1.45. The number of carbonyl (C=O) groups excluding carboxylic acids is 1. The first kappa shape index (κ1) is 28.6. The van der Waals surface area contributed by atoms with Crippen LogP contribution in [0.2, 0.25) is 5.02 Å². The van der Waals surface area contributed by atoms with E-state index in [4.69, 9.17) is 30.5 Å². The molecule has 0 atom stereocenters. The minimum Gasteiger partial charge on any atom is -0.493 e. The van der Waals surface area contributed by atoms with Crippen LogP contribution in [0.1, 0.15) is 22.3 Å². The largest absolute Gasteiger partial charge is 0.493 e. The number of carbonyl (C=O) groups is 1. The standard InChI is InChI=1S/C30H31ClN2O5/c1-20-9-10-25(15-22(20)3)37-13-11-36-12-14-38-29-26(31)17-23(18-28(29)35-4)16-24(19-32)30(34)33-27-8-6-5-7-21(27)2/h5-10,15-18H,11-14H2,1-4H3,(H,33,34)/b24-16+. The van der Waals surface area contributed by atoms with E-state index in [2.05, 4.69) is 12.2 Å². The molecule has 3 rings (SSSR count). The van der Waals surface area contributed by atoms with Crippen LogP contribution in [0.4, 0.5) is 5.69 Å². The highest BCUT2D eigenvalue weighted by molar-refractivity contribution is 6.32. The molecule has 198 valence electrons. The molecule has 0 bridgehead atoms. The van der Waals surface area contributed by atoms with Crippen LogP contribution in [0.3, 0.4) is 0 Å². The molecule has 7 nitrogen and oxygen atoms in total. The number of aryl methyl sites for hydroxylation is 3. The van der Waals surface area contributed by atoms with E-state index in [9.17, 15) is 10.1 Å². The molecule has 0 aliphatic heterocycles. The van der Waals surface area contributed by atoms with Gasteiger partial charge in [0.2, 0.25) is 0 Å². The van der Waals surface area contributed by atoms with Crippen molar-refractivity contribution in [3.05, 3.63) is 87.4 Å². The second-order valence-electron chi connectivity index (χ2n) is 8.53. The number of halogens is 1. The van der Waals surface area contributed by atoms with Gasteiger partial charge in [-0.1, -0.05) is 35.9 Å². The predicted octanol–water partition coefficient (Wildman–Crippen LogP) is 6.29. The highest BCUT2D eigenvalue weighted by Crippen LogP contribution is 2.37. The van der Waals surface area contributed by atoms with Gasteiger partial charge in [-0.25, -0.2) is 0 Å². The van der Waals surface area contributed by atoms with Crippen molar-refractivity contribution in [3.8, 4) is 23.3 Å². The molecule has 38 heavy (non-hydrogen) atoms. The molecule has 0 heterocycles. The van der Waals surface area contributed by atoms with Crippen LogP contribution in [0.15, 0.2) is 60.2 Å². The maximum atomic E-state index is 12.7. The van der Waals surface area contributed by atoms with Gasteiger partial charge in [-0.2, -0.15) is 5.26 Å². The zero-order valence-electron chi connectivity index (χ0n) is 22.0. The maximum absolute atomic E-state index is 12.7. The van der Waals surface area contributed by atoms with Crippen molar-refractivity contribution in [2.24, 2.45) is 0 Å². The van der Waals surface area contributed by atoms with Crippen LogP contribution >= 0.6 is 11.6 Å². The summed E-state index contributed by atoms with van der Waals surface area (Å²) in [5.41, 5.74) is 4.38. The van der Waals surface area contributed by atoms with E-state index < -0.39 is 5.91 Å². The molecule has 0 spiro atoms. The van der Waals surface area contributed by atoms with Crippen LogP contribution in [-0.2, 0) is 9.53 Å². The number of nitriles is 1. The Labute approximate surface area is 228 Å². The summed E-state index contributed by atoms with van der Waals surface area (Å²) in [5.74, 6) is 1.02. The lowest BCUT2D eigenvalue weighted by molar-refractivity contribution is -0.112. The normalized spacial score (nSPS) is 11.0. The third-order valence-corrected chi connectivity index (χ3v) is 6.05. The Hall–Kier alpha value is -3.99. The number of rotatable bonds is 12. The van der Waals surface area contributed by atoms with Crippen LogP contribution in [0.25, 0.3) is 6.08 Å². The molecule has 0 saturated heterocycles. The number of hydrogen-bond acceptors (Lipinski definition) is 6. The van der Waals surface area contributed by atoms with E-state index in [1.54, 1.807) is 18.2 Å². The molecular formula is C30H31ClN2O5. The van der Waals surface area contributed by atoms with Gasteiger partial charge in [0, 0.05) is 5.69 Å². The molecule has 3 aromatic carbocycles. The molecule has 8 heteroatoms. The molecule has 0 saturated carbocycles. The average molecular weight is 535 g/mol. The number of nitrogens with one attached hydrogen (secondary N) is 1. The summed E-state index contributed by atoms with van der Waals surface area (Å²) in [5, 5.41) is 12.6. The Morgan fingerprint density at radius 3 is 2.37 bits per heavy atom. The number of ether oxygens (including phenoxy) is 4. The Morgan fingerprint density at radius 2 is 1.68 bits per heavy atom. The van der Waals surface area contributed by atoms with E-state index in [1.807, 2.05) is 56.3 Å². The fourth-order valence-corrected chi connectivity index (χ4v) is 3.78. The van der Waals surface area contributed by atoms with Gasteiger partial charge in [-0.05, 0) is 79.4 Å². The topological polar surface area (TPSA) is 89.8 Å². The Bertz CT molecular complexity index is 1350. The quantitative estimate of drug-likeness (QED) is 0.167. The second kappa shape index (κ2) is 14.1. The Morgan fingerprint density at radius 1 is 0.947 bits per heavy atom. The van der Waals surface area contributed by atoms with Crippen molar-refractivity contribution in [3.63, 3.8) is 0 Å². The molecule has 0 unspecified atom stereocenters. The van der Waals surface area contributed by atoms with Crippen molar-refractivity contribution in [2.75, 3.05) is 38.9 Å². The maximum Gasteiger partial charge on any atom is 0.266 e. The zero-order chi connectivity index (χ0) is 27.5. The van der Waals surface area contributed by atoms with Gasteiger partial charge in [0.05, 0.1) is 25.3 Å². The number of methoxy groups -OCH3 is 1. The first-order valence-electron chi connectivity index (χ1n) is 12.1. The van der Waals surface area contributed by atoms with Crippen LogP contribution < -0.4 is 19.5 Å². The summed E-state index contributed by atoms with van der Waals surface area (Å²) in [4.78, 5) is 12.7. The molecule has 1 N–H and O–H groups in total. The van der Waals surface area contributed by atoms with Crippen LogP contribution in [0.5, 0.6) is 17.2 Å². The third-order valence-electron chi connectivity index (χ3n) is 5.77. The first-order valence-corrected chi connectivity index (χ1v) is 12.5. The highest BCUT2D eigenvalue weighted by atomic mass is 35.5. The summed E-state index contributed by atoms with van der Waals surface area (Å²) in [6.45, 7) is 7.39. The molecule has 0 aromatic heterocycles. The molecule has 0 radical (unpaired) electrons. The monoisotopic (exact) mass is 534 g/mol. The minimum atomic E-state index is -0.518. The SMILES string of the molecule is COc1cc(/C=C(\C#N)C(=O)Nc2ccccc2C)cc(Cl)c1OCCOCCOc1ccc(C)c(C)c1. The molecular weight excluding hydrogens is 504 g/mol. The van der Waals surface area contributed by atoms with Gasteiger partial charge in [0.25, 0.3) is 5.91 Å². The van der Waals surface area contributed by atoms with Gasteiger partial charge >= 0.3 is 0 Å². The summed E-state index contributed by atoms with van der Waals surface area (Å²) in [7, 11) is 1.49. The fourth-order valence-electron chi connectivity index (χ4n) is 3.51. The van der Waals surface area contributed by atoms with Gasteiger partial charge in [0.1, 0.15) is 30.6 Å². The Balaban J connectivity index is 1.54. The highest BCUT2D eigenvalue weighted by Gasteiger charge is 2.15. The van der Waals surface area contributed by atoms with E-state index in [1.165, 1.54) is 24.3 Å². The third kappa shape index (κ3) is 8.01. The van der Waals surface area contributed by atoms with Gasteiger partial charge in [0.15, 0.2) is 11.5 Å². The van der Waals surface area contributed by atoms with Gasteiger partial charge < -0.3 is 24.3 Å². The smallest absolute Gasteiger partial charge is 0.266 e. The lowest BCUT2D eigenvalue weighted by Crippen LogP contribution is -2.14. The second-order valence-corrected chi connectivity index (χ2v) is 8.94. The molecule has 0 aliphatic carbocycles. The molecule has 1 amide bonds. The van der Waals surface area contributed by atoms with Crippen molar-refractivity contribution in [1.82, 2.24) is 0 Å². The summed E-state index contributed by atoms with van der Waals surface area (Å²) < 4.78 is 22.5. The Kier molecular flexibility index (Phi) is 10.6. The van der Waals surface area contributed by atoms with E-state index in [0.717, 1.165) is 11.3 Å². The predicted molar refractivity (Wildman–Crippen MR) is 149 cm³/mol. The zero-order valence-corrected chi connectivity index (χ0v) is 22.7. The number of hydrogen-bond donors (Lipinski definition) is 1. The fraction of sp³-hybridized carbons (Fsp3) is 0.267. The summed E-state index contributed by atoms with van der Waals surface area (Å²) >= 11 is 6.45. The van der Waals surface area contributed by atoms with Crippen LogP contribution in [-0.4, -0.2) is 39.4 Å². The van der Waals surface area contributed by atoms with Crippen molar-refractivity contribution < 1.29 is 23.7 Å². The number of para-hydroxylation sites is 1. The van der Waals surface area contributed by atoms with E-state index in [-0.39, 0.29) is 17.2 Å². The van der Waals surface area contributed by atoms with Crippen molar-refractivity contribution >= 4 is 29.3 Å². The van der Waals surface area contributed by atoms with Gasteiger partial charge in [-0.3, -0.25) is 4.79 Å². The molecule has 0 aliphatic rings. The minimum absolute atomic E-state index is 0.0727. The first-order chi connectivity index (χ1) is 18.3. The number of benzene rings is 3. The van der Waals surface area contributed by atoms with Gasteiger partial charge in [-0.15, -0.1) is 0 Å². The summed E-state index contributed by atoms with van der Waals surface area (Å²) in [6, 6.07) is 18.5.